The Hall–Kier alpha value is -2.12. The number of hydrogen-bond acceptors (Lipinski definition) is 11. The van der Waals surface area contributed by atoms with Crippen molar-refractivity contribution in [2.45, 2.75) is 37.8 Å². The van der Waals surface area contributed by atoms with Crippen LogP contribution in [0.1, 0.15) is 19.5 Å². The minimum atomic E-state index is -1.33. The van der Waals surface area contributed by atoms with Crippen molar-refractivity contribution in [3.63, 3.8) is 0 Å². The molecular formula is C22H25N4O5S3-. The molecule has 0 radical (unpaired) electrons. The van der Waals surface area contributed by atoms with Crippen LogP contribution in [0.5, 0.6) is 5.06 Å². The van der Waals surface area contributed by atoms with Crippen molar-refractivity contribution >= 4 is 51.4 Å². The van der Waals surface area contributed by atoms with Crippen molar-refractivity contribution in [2.24, 2.45) is 11.8 Å². The average Bonchev–Trinajstić information content (AvgIpc) is 3.47. The summed E-state index contributed by atoms with van der Waals surface area (Å²) in [6, 6.07) is 3.56. The molecule has 5 rings (SSSR count). The van der Waals surface area contributed by atoms with Gasteiger partial charge in [-0.2, -0.15) is 0 Å². The number of aromatic nitrogens is 1. The zero-order chi connectivity index (χ0) is 24.0. The topological polar surface area (TPSA) is 118 Å². The second-order valence-corrected chi connectivity index (χ2v) is 11.8. The van der Waals surface area contributed by atoms with Crippen molar-refractivity contribution in [1.82, 2.24) is 15.2 Å². The molecular weight excluding hydrogens is 496 g/mol. The Bertz CT molecular complexity index is 1100. The van der Waals surface area contributed by atoms with Gasteiger partial charge in [0.1, 0.15) is 6.73 Å². The smallest absolute Gasteiger partial charge is 0.235 e. The zero-order valence-electron chi connectivity index (χ0n) is 18.7. The number of carbonyl (C=O) groups is 2. The number of thioether (sulfide) groups is 1. The molecule has 2 N–H and O–H groups in total. The van der Waals surface area contributed by atoms with Crippen LogP contribution >= 0.6 is 34.4 Å². The number of thiazole rings is 1. The molecule has 0 unspecified atom stereocenters. The highest BCUT2D eigenvalue weighted by Crippen LogP contribution is 2.52. The molecule has 2 aromatic heterocycles. The third-order valence-electron chi connectivity index (χ3n) is 6.37. The van der Waals surface area contributed by atoms with Gasteiger partial charge in [0.25, 0.3) is 0 Å². The molecule has 12 heteroatoms. The number of aliphatic carboxylic acids is 1. The fourth-order valence-electron chi connectivity index (χ4n) is 4.69. The van der Waals surface area contributed by atoms with Crippen molar-refractivity contribution in [1.29, 1.82) is 0 Å². The number of aliphatic hydroxyl groups is 1. The number of rotatable bonds is 10. The first-order valence-electron chi connectivity index (χ1n) is 11.0. The molecule has 9 nitrogen and oxygen atoms in total. The van der Waals surface area contributed by atoms with Gasteiger partial charge in [-0.05, 0) is 24.4 Å². The van der Waals surface area contributed by atoms with Crippen LogP contribution in [-0.2, 0) is 16.1 Å². The lowest BCUT2D eigenvalue weighted by Crippen LogP contribution is -2.64. The lowest BCUT2D eigenvalue weighted by Gasteiger charge is -2.47. The predicted molar refractivity (Wildman–Crippen MR) is 129 cm³/mol. The first-order valence-corrected chi connectivity index (χ1v) is 13.7. The minimum Gasteiger partial charge on any atom is -0.543 e. The van der Waals surface area contributed by atoms with E-state index in [9.17, 15) is 19.8 Å². The molecule has 0 spiro atoms. The number of nitrogens with zero attached hydrogens (tertiary/aromatic N) is 3. The molecule has 34 heavy (non-hydrogen) atoms. The summed E-state index contributed by atoms with van der Waals surface area (Å²) in [6.45, 7) is 6.04. The van der Waals surface area contributed by atoms with Crippen LogP contribution in [0.2, 0.25) is 0 Å². The largest absolute Gasteiger partial charge is 0.543 e. The van der Waals surface area contributed by atoms with E-state index in [-0.39, 0.29) is 28.8 Å². The molecule has 2 saturated heterocycles. The number of thiophene rings is 1. The molecule has 3 aliphatic heterocycles. The maximum Gasteiger partial charge on any atom is 0.235 e. The molecule has 3 aliphatic rings. The Morgan fingerprint density at radius 2 is 2.24 bits per heavy atom. The van der Waals surface area contributed by atoms with Gasteiger partial charge in [0, 0.05) is 41.1 Å². The van der Waals surface area contributed by atoms with Crippen LogP contribution < -0.4 is 20.1 Å². The first kappa shape index (κ1) is 23.6. The number of carboxylic acids is 1. The molecule has 1 amide bonds. The number of ether oxygens (including phenoxy) is 1. The van der Waals surface area contributed by atoms with Gasteiger partial charge < -0.3 is 29.5 Å². The van der Waals surface area contributed by atoms with Crippen molar-refractivity contribution in [3.8, 4) is 5.06 Å². The predicted octanol–water partition coefficient (Wildman–Crippen LogP) is 1.07. The van der Waals surface area contributed by atoms with Crippen molar-refractivity contribution < 1.29 is 24.5 Å². The SMILES string of the molecule is C[C@@H](O)[C@H]1C(=O)N2C(C(=O)[O-])=C(SC3CN(c4nc(CNCOc5cccs5)cs4)C3)[C@H](C)[C@H]12. The van der Waals surface area contributed by atoms with Gasteiger partial charge in [-0.3, -0.25) is 10.1 Å². The summed E-state index contributed by atoms with van der Waals surface area (Å²) in [6.07, 6.45) is -0.807. The first-order chi connectivity index (χ1) is 16.3. The summed E-state index contributed by atoms with van der Waals surface area (Å²) in [7, 11) is 0. The summed E-state index contributed by atoms with van der Waals surface area (Å²) >= 11 is 4.65. The zero-order valence-corrected chi connectivity index (χ0v) is 21.1. The molecule has 0 aliphatic carbocycles. The van der Waals surface area contributed by atoms with E-state index in [0.29, 0.717) is 18.2 Å². The van der Waals surface area contributed by atoms with Crippen LogP contribution in [0.4, 0.5) is 5.13 Å². The quantitative estimate of drug-likeness (QED) is 0.269. The van der Waals surface area contributed by atoms with E-state index in [4.69, 9.17) is 4.74 Å². The standard InChI is InChI=1S/C22H26N4O5S3/c1-11-17-16(12(2)27)20(28)26(17)18(21(29)30)19(11)34-14-7-25(8-14)22-24-13(9-33-22)6-23-10-31-15-4-3-5-32-15/h3-5,9,11-12,14,16-17,23,27H,6-8,10H2,1-2H3,(H,29,30)/p-1/t11-,12-,16-,17-/m1/s1. The van der Waals surface area contributed by atoms with Crippen LogP contribution in [0, 0.1) is 11.8 Å². The lowest BCUT2D eigenvalue weighted by atomic mass is 9.79. The number of β-lactam (4-membered cyclic amide) rings is 1. The number of hydrogen-bond donors (Lipinski definition) is 2. The van der Waals surface area contributed by atoms with E-state index >= 15 is 0 Å². The van der Waals surface area contributed by atoms with Gasteiger partial charge >= 0.3 is 0 Å². The van der Waals surface area contributed by atoms with E-state index in [2.05, 4.69) is 15.2 Å². The Kier molecular flexibility index (Phi) is 6.60. The number of amides is 1. The fraction of sp³-hybridized carbons (Fsp3) is 0.500. The third kappa shape index (κ3) is 4.22. The van der Waals surface area contributed by atoms with E-state index in [1.807, 2.05) is 29.8 Å². The molecule has 0 bridgehead atoms. The number of nitrogens with one attached hydrogen (secondary N) is 1. The highest BCUT2D eigenvalue weighted by molar-refractivity contribution is 8.03. The summed E-state index contributed by atoms with van der Waals surface area (Å²) in [4.78, 5) is 33.2. The number of aliphatic hydroxyl groups excluding tert-OH is 1. The highest BCUT2D eigenvalue weighted by Gasteiger charge is 2.59. The summed E-state index contributed by atoms with van der Waals surface area (Å²) in [5, 5.41) is 31.1. The number of carboxylic acid groups (broad SMARTS) is 1. The molecule has 4 atom stereocenters. The minimum absolute atomic E-state index is 0.0183. The normalized spacial score (nSPS) is 25.3. The molecule has 182 valence electrons. The van der Waals surface area contributed by atoms with E-state index in [1.165, 1.54) is 16.7 Å². The summed E-state index contributed by atoms with van der Waals surface area (Å²) < 4.78 is 5.59. The Balaban J connectivity index is 1.14. The highest BCUT2D eigenvalue weighted by atomic mass is 32.2. The molecule has 2 aromatic rings. The maximum absolute atomic E-state index is 12.5. The monoisotopic (exact) mass is 521 g/mol. The van der Waals surface area contributed by atoms with Crippen molar-refractivity contribution in [2.75, 3.05) is 24.7 Å². The molecule has 5 heterocycles. The van der Waals surface area contributed by atoms with Gasteiger partial charge in [-0.15, -0.1) is 34.4 Å². The van der Waals surface area contributed by atoms with E-state index < -0.39 is 18.0 Å². The second kappa shape index (κ2) is 9.50. The summed E-state index contributed by atoms with van der Waals surface area (Å²) in [5.74, 6) is -2.36. The van der Waals surface area contributed by atoms with Crippen LogP contribution in [0.3, 0.4) is 0 Å². The van der Waals surface area contributed by atoms with Crippen LogP contribution in [0.25, 0.3) is 0 Å². The fourth-order valence-corrected chi connectivity index (χ4v) is 7.62. The number of carbonyl (C=O) groups excluding carboxylic acids is 2. The van der Waals surface area contributed by atoms with Gasteiger partial charge in [-0.25, -0.2) is 4.98 Å². The Morgan fingerprint density at radius 1 is 1.44 bits per heavy atom. The number of fused-ring (bicyclic) bond motifs is 1. The van der Waals surface area contributed by atoms with Gasteiger partial charge in [0.05, 0.1) is 35.4 Å². The molecule has 0 saturated carbocycles. The van der Waals surface area contributed by atoms with Gasteiger partial charge in [0.15, 0.2) is 10.2 Å². The van der Waals surface area contributed by atoms with E-state index in [0.717, 1.165) is 29.0 Å². The third-order valence-corrected chi connectivity index (χ3v) is 9.55. The van der Waals surface area contributed by atoms with Crippen LogP contribution in [-0.4, -0.2) is 64.1 Å². The Morgan fingerprint density at radius 3 is 2.91 bits per heavy atom. The molecule has 2 fully saturated rings. The van der Waals surface area contributed by atoms with Gasteiger partial charge in [0.2, 0.25) is 5.91 Å². The van der Waals surface area contributed by atoms with E-state index in [1.54, 1.807) is 29.6 Å². The van der Waals surface area contributed by atoms with Crippen LogP contribution in [0.15, 0.2) is 33.5 Å². The maximum atomic E-state index is 12.5. The van der Waals surface area contributed by atoms with Crippen molar-refractivity contribution in [3.05, 3.63) is 39.2 Å². The number of anilines is 1. The summed E-state index contributed by atoms with van der Waals surface area (Å²) in [5.41, 5.74) is 0.930. The Labute approximate surface area is 209 Å². The average molecular weight is 522 g/mol. The molecule has 0 aromatic carbocycles. The van der Waals surface area contributed by atoms with Gasteiger partial charge in [-0.1, -0.05) is 6.92 Å². The second-order valence-electron chi connectivity index (χ2n) is 8.67. The lowest BCUT2D eigenvalue weighted by molar-refractivity contribution is -0.301.